The number of carbonyl (C=O) groups is 2. The number of carboxylic acids is 1. The molecule has 0 aliphatic carbocycles. The molecule has 1 saturated heterocycles. The number of likely N-dealkylation sites (tertiary alicyclic amines) is 1. The minimum Gasteiger partial charge on any atom is -0.481 e. The van der Waals surface area contributed by atoms with Crippen molar-refractivity contribution in [1.29, 1.82) is 0 Å². The predicted molar refractivity (Wildman–Crippen MR) is 63.4 cm³/mol. The van der Waals surface area contributed by atoms with Gasteiger partial charge in [-0.25, -0.2) is 4.79 Å². The van der Waals surface area contributed by atoms with Crippen LogP contribution in [0.4, 0.5) is 4.79 Å². The zero-order chi connectivity index (χ0) is 12.8. The van der Waals surface area contributed by atoms with E-state index >= 15 is 0 Å². The standard InChI is InChI=1S/C12H18N2O3/c1-3-6-13(4-2)12(17)14-7-5-10(9-14)8-11(15)16/h1,10H,4-9H2,2H3,(H,15,16). The minimum atomic E-state index is -0.805. The van der Waals surface area contributed by atoms with Gasteiger partial charge in [-0.15, -0.1) is 6.42 Å². The summed E-state index contributed by atoms with van der Waals surface area (Å²) in [6.07, 6.45) is 6.08. The number of carbonyl (C=O) groups excluding carboxylic acids is 1. The molecular weight excluding hydrogens is 220 g/mol. The Labute approximate surface area is 101 Å². The van der Waals surface area contributed by atoms with Gasteiger partial charge in [0.15, 0.2) is 0 Å². The number of amides is 2. The van der Waals surface area contributed by atoms with Crippen molar-refractivity contribution >= 4 is 12.0 Å². The summed E-state index contributed by atoms with van der Waals surface area (Å²) in [5, 5.41) is 8.70. The van der Waals surface area contributed by atoms with Gasteiger partial charge in [-0.1, -0.05) is 5.92 Å². The Kier molecular flexibility index (Phi) is 4.83. The number of carboxylic acid groups (broad SMARTS) is 1. The molecule has 1 heterocycles. The maximum absolute atomic E-state index is 12.0. The summed E-state index contributed by atoms with van der Waals surface area (Å²) in [5.41, 5.74) is 0. The van der Waals surface area contributed by atoms with Crippen LogP contribution in [-0.2, 0) is 4.79 Å². The van der Waals surface area contributed by atoms with E-state index in [9.17, 15) is 9.59 Å². The van der Waals surface area contributed by atoms with E-state index in [1.165, 1.54) is 0 Å². The van der Waals surface area contributed by atoms with E-state index in [1.54, 1.807) is 9.80 Å². The number of aliphatic carboxylic acids is 1. The molecule has 1 unspecified atom stereocenters. The first-order valence-corrected chi connectivity index (χ1v) is 5.77. The number of hydrogen-bond donors (Lipinski definition) is 1. The molecule has 2 amide bonds. The predicted octanol–water partition coefficient (Wildman–Crippen LogP) is 0.858. The third-order valence-corrected chi connectivity index (χ3v) is 2.95. The summed E-state index contributed by atoms with van der Waals surface area (Å²) < 4.78 is 0. The van der Waals surface area contributed by atoms with Crippen molar-refractivity contribution in [3.05, 3.63) is 0 Å². The van der Waals surface area contributed by atoms with Gasteiger partial charge in [0.2, 0.25) is 0 Å². The van der Waals surface area contributed by atoms with Gasteiger partial charge in [-0.3, -0.25) is 4.79 Å². The molecular formula is C12H18N2O3. The monoisotopic (exact) mass is 238 g/mol. The van der Waals surface area contributed by atoms with Crippen LogP contribution in [0.1, 0.15) is 19.8 Å². The molecule has 1 fully saturated rings. The summed E-state index contributed by atoms with van der Waals surface area (Å²) in [5.74, 6) is 1.72. The molecule has 0 radical (unpaired) electrons. The SMILES string of the molecule is C#CCN(CC)C(=O)N1CCC(CC(=O)O)C1. The van der Waals surface area contributed by atoms with Crippen LogP contribution in [0.2, 0.25) is 0 Å². The molecule has 5 heteroatoms. The van der Waals surface area contributed by atoms with Crippen LogP contribution in [-0.4, -0.2) is 53.1 Å². The van der Waals surface area contributed by atoms with Crippen molar-refractivity contribution in [2.75, 3.05) is 26.2 Å². The Hall–Kier alpha value is -1.70. The molecule has 1 atom stereocenters. The summed E-state index contributed by atoms with van der Waals surface area (Å²) in [6, 6.07) is -0.0849. The van der Waals surface area contributed by atoms with Crippen molar-refractivity contribution in [3.63, 3.8) is 0 Å². The lowest BCUT2D eigenvalue weighted by molar-refractivity contribution is -0.138. The Morgan fingerprint density at radius 2 is 2.29 bits per heavy atom. The fourth-order valence-electron chi connectivity index (χ4n) is 2.04. The molecule has 0 spiro atoms. The van der Waals surface area contributed by atoms with Gasteiger partial charge in [0.1, 0.15) is 0 Å². The quantitative estimate of drug-likeness (QED) is 0.739. The molecule has 1 aliphatic rings. The molecule has 0 saturated carbocycles. The van der Waals surface area contributed by atoms with Gasteiger partial charge in [-0.05, 0) is 19.3 Å². The fourth-order valence-corrected chi connectivity index (χ4v) is 2.04. The van der Waals surface area contributed by atoms with Crippen molar-refractivity contribution in [2.45, 2.75) is 19.8 Å². The van der Waals surface area contributed by atoms with Gasteiger partial charge in [-0.2, -0.15) is 0 Å². The van der Waals surface area contributed by atoms with Gasteiger partial charge < -0.3 is 14.9 Å². The molecule has 1 N–H and O–H groups in total. The highest BCUT2D eigenvalue weighted by molar-refractivity contribution is 5.75. The lowest BCUT2D eigenvalue weighted by atomic mass is 10.1. The summed E-state index contributed by atoms with van der Waals surface area (Å²) >= 11 is 0. The van der Waals surface area contributed by atoms with E-state index in [-0.39, 0.29) is 18.4 Å². The van der Waals surface area contributed by atoms with Crippen LogP contribution in [0.25, 0.3) is 0 Å². The fraction of sp³-hybridized carbons (Fsp3) is 0.667. The number of hydrogen-bond acceptors (Lipinski definition) is 2. The largest absolute Gasteiger partial charge is 0.481 e. The highest BCUT2D eigenvalue weighted by Crippen LogP contribution is 2.20. The Balaban J connectivity index is 2.50. The smallest absolute Gasteiger partial charge is 0.320 e. The van der Waals surface area contributed by atoms with Gasteiger partial charge in [0.25, 0.3) is 0 Å². The minimum absolute atomic E-state index is 0.0704. The average Bonchev–Trinajstić information content (AvgIpc) is 2.72. The van der Waals surface area contributed by atoms with Crippen LogP contribution in [0.15, 0.2) is 0 Å². The first-order valence-electron chi connectivity index (χ1n) is 5.77. The second-order valence-corrected chi connectivity index (χ2v) is 4.20. The van der Waals surface area contributed by atoms with E-state index in [0.717, 1.165) is 6.42 Å². The van der Waals surface area contributed by atoms with Crippen molar-refractivity contribution in [1.82, 2.24) is 9.80 Å². The second-order valence-electron chi connectivity index (χ2n) is 4.20. The average molecular weight is 238 g/mol. The summed E-state index contributed by atoms with van der Waals surface area (Å²) in [4.78, 5) is 25.9. The van der Waals surface area contributed by atoms with E-state index in [1.807, 2.05) is 6.92 Å². The maximum Gasteiger partial charge on any atom is 0.320 e. The lowest BCUT2D eigenvalue weighted by Crippen LogP contribution is -2.42. The molecule has 0 aromatic carbocycles. The third kappa shape index (κ3) is 3.66. The zero-order valence-corrected chi connectivity index (χ0v) is 10.1. The molecule has 17 heavy (non-hydrogen) atoms. The molecule has 1 rings (SSSR count). The number of urea groups is 1. The summed E-state index contributed by atoms with van der Waals surface area (Å²) in [6.45, 7) is 3.89. The summed E-state index contributed by atoms with van der Waals surface area (Å²) in [7, 11) is 0. The Bertz CT molecular complexity index is 335. The van der Waals surface area contributed by atoms with Crippen molar-refractivity contribution in [2.24, 2.45) is 5.92 Å². The Morgan fingerprint density at radius 3 is 2.82 bits per heavy atom. The first kappa shape index (κ1) is 13.4. The highest BCUT2D eigenvalue weighted by atomic mass is 16.4. The number of terminal acetylenes is 1. The van der Waals surface area contributed by atoms with Crippen molar-refractivity contribution in [3.8, 4) is 12.3 Å². The van der Waals surface area contributed by atoms with E-state index in [0.29, 0.717) is 26.2 Å². The van der Waals surface area contributed by atoms with Crippen LogP contribution in [0.3, 0.4) is 0 Å². The van der Waals surface area contributed by atoms with Crippen molar-refractivity contribution < 1.29 is 14.7 Å². The maximum atomic E-state index is 12.0. The van der Waals surface area contributed by atoms with E-state index in [2.05, 4.69) is 5.92 Å². The highest BCUT2D eigenvalue weighted by Gasteiger charge is 2.29. The lowest BCUT2D eigenvalue weighted by Gasteiger charge is -2.25. The molecule has 5 nitrogen and oxygen atoms in total. The molecule has 0 bridgehead atoms. The molecule has 0 aromatic rings. The van der Waals surface area contributed by atoms with Crippen LogP contribution < -0.4 is 0 Å². The zero-order valence-electron chi connectivity index (χ0n) is 10.1. The normalized spacial score (nSPS) is 18.8. The topological polar surface area (TPSA) is 60.9 Å². The van der Waals surface area contributed by atoms with Gasteiger partial charge in [0, 0.05) is 26.1 Å². The first-order chi connectivity index (χ1) is 8.08. The van der Waals surface area contributed by atoms with E-state index in [4.69, 9.17) is 11.5 Å². The van der Waals surface area contributed by atoms with Crippen LogP contribution in [0.5, 0.6) is 0 Å². The molecule has 0 aromatic heterocycles. The van der Waals surface area contributed by atoms with E-state index < -0.39 is 5.97 Å². The van der Waals surface area contributed by atoms with Crippen LogP contribution >= 0.6 is 0 Å². The molecule has 1 aliphatic heterocycles. The third-order valence-electron chi connectivity index (χ3n) is 2.95. The number of nitrogens with zero attached hydrogens (tertiary/aromatic N) is 2. The number of rotatable bonds is 4. The van der Waals surface area contributed by atoms with Crippen LogP contribution in [0, 0.1) is 18.3 Å². The molecule has 94 valence electrons. The van der Waals surface area contributed by atoms with Gasteiger partial charge >= 0.3 is 12.0 Å². The van der Waals surface area contributed by atoms with Gasteiger partial charge in [0.05, 0.1) is 6.54 Å². The second kappa shape index (κ2) is 6.14. The Morgan fingerprint density at radius 1 is 1.59 bits per heavy atom.